The van der Waals surface area contributed by atoms with E-state index >= 15 is 0 Å². The molecule has 1 unspecified atom stereocenters. The Morgan fingerprint density at radius 3 is 2.83 bits per heavy atom. The highest BCUT2D eigenvalue weighted by molar-refractivity contribution is 7.99. The zero-order valence-electron chi connectivity index (χ0n) is 10.7. The summed E-state index contributed by atoms with van der Waals surface area (Å²) in [5, 5.41) is 3.42. The van der Waals surface area contributed by atoms with Crippen molar-refractivity contribution in [1.82, 2.24) is 5.32 Å². The summed E-state index contributed by atoms with van der Waals surface area (Å²) >= 11 is 2.00. The Bertz CT molecular complexity index is 384. The molecular weight excluding hydrogens is 242 g/mol. The zero-order valence-corrected chi connectivity index (χ0v) is 11.5. The van der Waals surface area contributed by atoms with Crippen LogP contribution >= 0.6 is 11.8 Å². The molecule has 1 aromatic carbocycles. The fourth-order valence-electron chi connectivity index (χ4n) is 2.80. The summed E-state index contributed by atoms with van der Waals surface area (Å²) in [5.41, 5.74) is 1.46. The van der Waals surface area contributed by atoms with Crippen LogP contribution in [0, 0.1) is 0 Å². The normalized spacial score (nSPS) is 25.2. The van der Waals surface area contributed by atoms with Gasteiger partial charge < -0.3 is 10.1 Å². The van der Waals surface area contributed by atoms with Crippen LogP contribution in [0.1, 0.15) is 30.7 Å². The lowest BCUT2D eigenvalue weighted by molar-refractivity contribution is 0.229. The molecule has 1 aromatic rings. The van der Waals surface area contributed by atoms with Gasteiger partial charge >= 0.3 is 0 Å². The summed E-state index contributed by atoms with van der Waals surface area (Å²) in [7, 11) is 0. The second-order valence-corrected chi connectivity index (χ2v) is 6.35. The summed E-state index contributed by atoms with van der Waals surface area (Å²) < 4.78 is 6.07. The summed E-state index contributed by atoms with van der Waals surface area (Å²) in [4.78, 5) is 0. The molecule has 0 spiro atoms. The molecule has 2 fully saturated rings. The molecule has 1 atom stereocenters. The van der Waals surface area contributed by atoms with Gasteiger partial charge in [0, 0.05) is 5.75 Å². The van der Waals surface area contributed by atoms with E-state index < -0.39 is 0 Å². The zero-order chi connectivity index (χ0) is 12.2. The molecule has 3 rings (SSSR count). The van der Waals surface area contributed by atoms with Gasteiger partial charge in [0.05, 0.1) is 0 Å². The fourth-order valence-corrected chi connectivity index (χ4v) is 3.89. The molecule has 2 nitrogen and oxygen atoms in total. The number of thioether (sulfide) groups is 1. The lowest BCUT2D eigenvalue weighted by Gasteiger charge is -2.23. The number of rotatable bonds is 3. The third kappa shape index (κ3) is 3.01. The highest BCUT2D eigenvalue weighted by atomic mass is 32.2. The van der Waals surface area contributed by atoms with Crippen LogP contribution in [-0.2, 0) is 0 Å². The van der Waals surface area contributed by atoms with Crippen molar-refractivity contribution >= 4 is 11.8 Å². The van der Waals surface area contributed by atoms with Crippen LogP contribution in [0.25, 0.3) is 0 Å². The average molecular weight is 263 g/mol. The predicted octanol–water partition coefficient (Wildman–Crippen LogP) is 3.04. The maximum Gasteiger partial charge on any atom is 0.120 e. The number of hydrogen-bond donors (Lipinski definition) is 1. The monoisotopic (exact) mass is 263 g/mol. The van der Waals surface area contributed by atoms with Crippen molar-refractivity contribution in [3.63, 3.8) is 0 Å². The highest BCUT2D eigenvalue weighted by Gasteiger charge is 2.19. The first-order chi connectivity index (χ1) is 8.92. The van der Waals surface area contributed by atoms with E-state index in [0.717, 1.165) is 24.6 Å². The molecule has 1 N–H and O–H groups in total. The van der Waals surface area contributed by atoms with E-state index in [-0.39, 0.29) is 0 Å². The molecule has 2 aliphatic heterocycles. The van der Waals surface area contributed by atoms with Gasteiger partial charge in [0.15, 0.2) is 0 Å². The maximum atomic E-state index is 6.07. The van der Waals surface area contributed by atoms with Crippen LogP contribution in [0.5, 0.6) is 5.75 Å². The minimum Gasteiger partial charge on any atom is -0.490 e. The fraction of sp³-hybridized carbons (Fsp3) is 0.600. The van der Waals surface area contributed by atoms with Crippen LogP contribution in [0.15, 0.2) is 24.3 Å². The van der Waals surface area contributed by atoms with Crippen LogP contribution in [0.4, 0.5) is 0 Å². The van der Waals surface area contributed by atoms with Crippen LogP contribution in [-0.4, -0.2) is 30.7 Å². The van der Waals surface area contributed by atoms with Gasteiger partial charge in [0.1, 0.15) is 11.9 Å². The Morgan fingerprint density at radius 1 is 1.17 bits per heavy atom. The first-order valence-corrected chi connectivity index (χ1v) is 8.12. The smallest absolute Gasteiger partial charge is 0.120 e. The number of benzene rings is 1. The lowest BCUT2D eigenvalue weighted by atomic mass is 9.90. The van der Waals surface area contributed by atoms with Crippen molar-refractivity contribution < 1.29 is 4.74 Å². The van der Waals surface area contributed by atoms with Crippen molar-refractivity contribution in [2.75, 3.05) is 24.6 Å². The van der Waals surface area contributed by atoms with Crippen LogP contribution in [0.3, 0.4) is 0 Å². The first kappa shape index (κ1) is 12.4. The molecule has 0 aromatic heterocycles. The Morgan fingerprint density at radius 2 is 2.06 bits per heavy atom. The van der Waals surface area contributed by atoms with Gasteiger partial charge in [-0.25, -0.2) is 0 Å². The number of hydrogen-bond acceptors (Lipinski definition) is 3. The molecule has 3 heteroatoms. The molecule has 0 amide bonds. The topological polar surface area (TPSA) is 21.3 Å². The van der Waals surface area contributed by atoms with Crippen molar-refractivity contribution in [1.29, 1.82) is 0 Å². The minimum atomic E-state index is 0.429. The maximum absolute atomic E-state index is 6.07. The Kier molecular flexibility index (Phi) is 4.11. The van der Waals surface area contributed by atoms with Gasteiger partial charge in [-0.05, 0) is 61.7 Å². The largest absolute Gasteiger partial charge is 0.490 e. The van der Waals surface area contributed by atoms with E-state index in [1.807, 2.05) is 11.8 Å². The molecule has 0 bridgehead atoms. The molecule has 0 radical (unpaired) electrons. The van der Waals surface area contributed by atoms with Gasteiger partial charge in [-0.3, -0.25) is 0 Å². The molecule has 2 aliphatic rings. The van der Waals surface area contributed by atoms with Crippen molar-refractivity contribution in [3.8, 4) is 5.75 Å². The second kappa shape index (κ2) is 5.98. The summed E-state index contributed by atoms with van der Waals surface area (Å²) in [6.45, 7) is 2.30. The van der Waals surface area contributed by atoms with Gasteiger partial charge in [-0.15, -0.1) is 0 Å². The van der Waals surface area contributed by atoms with Crippen molar-refractivity contribution in [3.05, 3.63) is 29.8 Å². The van der Waals surface area contributed by atoms with E-state index in [1.165, 1.54) is 30.6 Å². The van der Waals surface area contributed by atoms with Crippen LogP contribution in [0.2, 0.25) is 0 Å². The molecule has 18 heavy (non-hydrogen) atoms. The van der Waals surface area contributed by atoms with Gasteiger partial charge in [-0.2, -0.15) is 11.8 Å². The standard InChI is InChI=1S/C15H21NOS/c1-2-13(12-4-7-16-8-5-12)10-14(3-1)17-15-6-9-18-11-15/h1-3,10,12,15-16H,4-9,11H2. The second-order valence-electron chi connectivity index (χ2n) is 5.20. The summed E-state index contributed by atoms with van der Waals surface area (Å²) in [6.07, 6.45) is 4.13. The van der Waals surface area contributed by atoms with E-state index in [2.05, 4.69) is 29.6 Å². The van der Waals surface area contributed by atoms with Gasteiger partial charge in [0.2, 0.25) is 0 Å². The molecule has 0 aliphatic carbocycles. The quantitative estimate of drug-likeness (QED) is 0.905. The van der Waals surface area contributed by atoms with E-state index in [4.69, 9.17) is 4.74 Å². The molecule has 0 saturated carbocycles. The molecule has 2 heterocycles. The molecular formula is C15H21NOS. The number of piperidine rings is 1. The van der Waals surface area contributed by atoms with Crippen molar-refractivity contribution in [2.24, 2.45) is 0 Å². The number of nitrogens with one attached hydrogen (secondary N) is 1. The Labute approximate surface area is 113 Å². The third-order valence-corrected chi connectivity index (χ3v) is 4.99. The summed E-state index contributed by atoms with van der Waals surface area (Å²) in [6, 6.07) is 8.77. The average Bonchev–Trinajstić information content (AvgIpc) is 2.93. The Hall–Kier alpha value is -0.670. The molecule has 2 saturated heterocycles. The first-order valence-electron chi connectivity index (χ1n) is 6.97. The van der Waals surface area contributed by atoms with Gasteiger partial charge in [0.25, 0.3) is 0 Å². The molecule has 98 valence electrons. The highest BCUT2D eigenvalue weighted by Crippen LogP contribution is 2.29. The van der Waals surface area contributed by atoms with Gasteiger partial charge in [-0.1, -0.05) is 12.1 Å². The van der Waals surface area contributed by atoms with Crippen LogP contribution < -0.4 is 10.1 Å². The van der Waals surface area contributed by atoms with Crippen molar-refractivity contribution in [2.45, 2.75) is 31.3 Å². The van der Waals surface area contributed by atoms with E-state index in [0.29, 0.717) is 12.0 Å². The lowest BCUT2D eigenvalue weighted by Crippen LogP contribution is -2.26. The Balaban J connectivity index is 1.67. The SMILES string of the molecule is c1cc(OC2CCSC2)cc(C2CCNCC2)c1. The number of ether oxygens (including phenoxy) is 1. The van der Waals surface area contributed by atoms with E-state index in [1.54, 1.807) is 0 Å². The minimum absolute atomic E-state index is 0.429. The summed E-state index contributed by atoms with van der Waals surface area (Å²) in [5.74, 6) is 4.18. The third-order valence-electron chi connectivity index (χ3n) is 3.86. The predicted molar refractivity (Wildman–Crippen MR) is 77.6 cm³/mol. The van der Waals surface area contributed by atoms with E-state index in [9.17, 15) is 0 Å².